The van der Waals surface area contributed by atoms with Crippen LogP contribution < -0.4 is 0 Å². The number of hydrogen-bond donors (Lipinski definition) is 1. The van der Waals surface area contributed by atoms with E-state index in [1.807, 2.05) is 0 Å². The smallest absolute Gasteiger partial charge is 0.371 e. The Morgan fingerprint density at radius 3 is 2.50 bits per heavy atom. The van der Waals surface area contributed by atoms with Gasteiger partial charge in [-0.05, 0) is 47.5 Å². The molecule has 2 aromatic carbocycles. The summed E-state index contributed by atoms with van der Waals surface area (Å²) in [6.07, 6.45) is 3.30. The van der Waals surface area contributed by atoms with Gasteiger partial charge in [-0.15, -0.1) is 11.8 Å². The Morgan fingerprint density at radius 1 is 1.09 bits per heavy atom. The molecule has 9 heteroatoms. The first-order chi connectivity index (χ1) is 15.3. The van der Waals surface area contributed by atoms with Crippen molar-refractivity contribution in [2.24, 2.45) is 0 Å². The maximum Gasteiger partial charge on any atom is 0.371 e. The van der Waals surface area contributed by atoms with Gasteiger partial charge in [-0.3, -0.25) is 4.98 Å². The van der Waals surface area contributed by atoms with Crippen LogP contribution in [0.5, 0.6) is 0 Å². The van der Waals surface area contributed by atoms with E-state index in [1.54, 1.807) is 42.6 Å². The van der Waals surface area contributed by atoms with Gasteiger partial charge in [0.15, 0.2) is 0 Å². The number of hydrogen-bond acceptors (Lipinski definition) is 4. The number of nitrogens with zero attached hydrogens (tertiary/aromatic N) is 1. The van der Waals surface area contributed by atoms with E-state index in [-0.39, 0.29) is 18.2 Å². The topological polar surface area (TPSA) is 59.4 Å². The number of aromatic nitrogens is 1. The Morgan fingerprint density at radius 2 is 1.84 bits per heavy atom. The third-order valence-electron chi connectivity index (χ3n) is 4.31. The predicted molar refractivity (Wildman–Crippen MR) is 127 cm³/mol. The highest BCUT2D eigenvalue weighted by Crippen LogP contribution is 2.38. The molecule has 0 radical (unpaired) electrons. The van der Waals surface area contributed by atoms with Gasteiger partial charge in [-0.2, -0.15) is 0 Å². The van der Waals surface area contributed by atoms with Crippen molar-refractivity contribution in [2.45, 2.75) is 17.1 Å². The summed E-state index contributed by atoms with van der Waals surface area (Å²) < 4.78 is 19.4. The second-order valence-corrected chi connectivity index (χ2v) is 8.80. The summed E-state index contributed by atoms with van der Waals surface area (Å²) in [6, 6.07) is 12.8. The molecule has 0 amide bonds. The molecular formula is C23H17Cl3FNO3S. The Hall–Kier alpha value is -2.25. The summed E-state index contributed by atoms with van der Waals surface area (Å²) in [5, 5.41) is 10.7. The van der Waals surface area contributed by atoms with Gasteiger partial charge in [0.05, 0.1) is 22.3 Å². The molecule has 0 aliphatic carbocycles. The Bertz CT molecular complexity index is 1120. The van der Waals surface area contributed by atoms with Gasteiger partial charge in [0.25, 0.3) is 0 Å². The van der Waals surface area contributed by atoms with Crippen LogP contribution >= 0.6 is 46.6 Å². The largest absolute Gasteiger partial charge is 0.486 e. The van der Waals surface area contributed by atoms with Crippen LogP contribution in [0, 0.1) is 5.82 Å². The lowest BCUT2D eigenvalue weighted by Crippen LogP contribution is -2.08. The highest BCUT2D eigenvalue weighted by atomic mass is 35.5. The number of halogens is 4. The zero-order valence-corrected chi connectivity index (χ0v) is 19.6. The quantitative estimate of drug-likeness (QED) is 0.187. The van der Waals surface area contributed by atoms with Gasteiger partial charge < -0.3 is 9.84 Å². The van der Waals surface area contributed by atoms with Crippen molar-refractivity contribution in [3.8, 4) is 0 Å². The molecule has 0 saturated heterocycles. The molecule has 0 atom stereocenters. The standard InChI is InChI=1S/C23H17Cl3FNO3S/c24-16-10-19(25)22(20(26)11-16)32-13-15-9-17(27)5-4-14(15)6-8-31-21(23(29)30)12-18-3-1-2-7-28-18/h1-5,7,9-12H,6,8,13H2,(H,29,30). The number of pyridine rings is 1. The summed E-state index contributed by atoms with van der Waals surface area (Å²) in [5.41, 5.74) is 2.02. The third kappa shape index (κ3) is 6.87. The molecule has 0 unspecified atom stereocenters. The number of carboxylic acids is 1. The molecule has 3 aromatic rings. The van der Waals surface area contributed by atoms with E-state index in [9.17, 15) is 14.3 Å². The van der Waals surface area contributed by atoms with Crippen LogP contribution in [0.3, 0.4) is 0 Å². The van der Waals surface area contributed by atoms with Gasteiger partial charge >= 0.3 is 5.97 Å². The Labute approximate surface area is 204 Å². The van der Waals surface area contributed by atoms with Crippen molar-refractivity contribution in [1.82, 2.24) is 4.98 Å². The number of benzene rings is 2. The van der Waals surface area contributed by atoms with Crippen molar-refractivity contribution in [3.05, 3.63) is 98.2 Å². The highest BCUT2D eigenvalue weighted by molar-refractivity contribution is 7.98. The lowest BCUT2D eigenvalue weighted by atomic mass is 10.1. The molecule has 1 N–H and O–H groups in total. The van der Waals surface area contributed by atoms with Crippen molar-refractivity contribution in [1.29, 1.82) is 0 Å². The summed E-state index contributed by atoms with van der Waals surface area (Å²) in [5.74, 6) is -1.39. The van der Waals surface area contributed by atoms with E-state index in [0.29, 0.717) is 37.8 Å². The number of ether oxygens (including phenoxy) is 1. The first-order valence-corrected chi connectivity index (χ1v) is 11.5. The summed E-state index contributed by atoms with van der Waals surface area (Å²) in [4.78, 5) is 16.2. The molecule has 0 aliphatic rings. The molecule has 0 saturated carbocycles. The van der Waals surface area contributed by atoms with E-state index in [0.717, 1.165) is 11.1 Å². The molecule has 1 heterocycles. The number of thioether (sulfide) groups is 1. The lowest BCUT2D eigenvalue weighted by molar-refractivity contribution is -0.136. The lowest BCUT2D eigenvalue weighted by Gasteiger charge is -2.13. The average Bonchev–Trinajstić information content (AvgIpc) is 2.74. The number of rotatable bonds is 9. The van der Waals surface area contributed by atoms with Crippen molar-refractivity contribution >= 4 is 58.6 Å². The number of aliphatic carboxylic acids is 1. The Kier molecular flexibility index (Phi) is 8.82. The fraction of sp³-hybridized carbons (Fsp3) is 0.130. The molecule has 0 bridgehead atoms. The minimum absolute atomic E-state index is 0.0940. The van der Waals surface area contributed by atoms with Gasteiger partial charge in [0.2, 0.25) is 5.76 Å². The summed E-state index contributed by atoms with van der Waals surface area (Å²) in [6.45, 7) is 0.0940. The van der Waals surface area contributed by atoms with Crippen molar-refractivity contribution < 1.29 is 19.0 Å². The maximum absolute atomic E-state index is 13.9. The third-order valence-corrected chi connectivity index (χ3v) is 6.53. The fourth-order valence-electron chi connectivity index (χ4n) is 2.82. The molecule has 1 aromatic heterocycles. The average molecular weight is 513 g/mol. The molecule has 32 heavy (non-hydrogen) atoms. The van der Waals surface area contributed by atoms with Gasteiger partial charge in [-0.25, -0.2) is 9.18 Å². The zero-order valence-electron chi connectivity index (χ0n) is 16.5. The SMILES string of the molecule is O=C(O)C(=Cc1ccccn1)OCCc1ccc(F)cc1CSc1c(Cl)cc(Cl)cc1Cl. The molecule has 0 fully saturated rings. The predicted octanol–water partition coefficient (Wildman–Crippen LogP) is 7.16. The zero-order chi connectivity index (χ0) is 23.1. The molecule has 0 spiro atoms. The van der Waals surface area contributed by atoms with E-state index in [2.05, 4.69) is 4.98 Å². The highest BCUT2D eigenvalue weighted by Gasteiger charge is 2.13. The van der Waals surface area contributed by atoms with Gasteiger partial charge in [0.1, 0.15) is 5.82 Å². The van der Waals surface area contributed by atoms with E-state index in [1.165, 1.54) is 30.0 Å². The molecular weight excluding hydrogens is 496 g/mol. The van der Waals surface area contributed by atoms with Gasteiger partial charge in [0, 0.05) is 34.4 Å². The molecule has 3 rings (SSSR count). The van der Waals surface area contributed by atoms with E-state index >= 15 is 0 Å². The van der Waals surface area contributed by atoms with Crippen molar-refractivity contribution in [3.63, 3.8) is 0 Å². The maximum atomic E-state index is 13.9. The van der Waals surface area contributed by atoms with Crippen LogP contribution in [0.15, 0.2) is 65.4 Å². The minimum atomic E-state index is -1.20. The molecule has 0 aliphatic heterocycles. The first-order valence-electron chi connectivity index (χ1n) is 9.37. The fourth-order valence-corrected chi connectivity index (χ4v) is 4.93. The second-order valence-electron chi connectivity index (χ2n) is 6.57. The van der Waals surface area contributed by atoms with Crippen LogP contribution in [0.1, 0.15) is 16.8 Å². The van der Waals surface area contributed by atoms with Crippen LogP contribution in [0.25, 0.3) is 6.08 Å². The van der Waals surface area contributed by atoms with Crippen LogP contribution in [0.4, 0.5) is 4.39 Å². The minimum Gasteiger partial charge on any atom is -0.486 e. The number of carbonyl (C=O) groups is 1. The van der Waals surface area contributed by atoms with Crippen molar-refractivity contribution in [2.75, 3.05) is 6.61 Å². The number of carboxylic acid groups (broad SMARTS) is 1. The molecule has 4 nitrogen and oxygen atoms in total. The molecule has 166 valence electrons. The monoisotopic (exact) mass is 511 g/mol. The van der Waals surface area contributed by atoms with Crippen LogP contribution in [0.2, 0.25) is 15.1 Å². The normalized spacial score (nSPS) is 11.4. The van der Waals surface area contributed by atoms with Gasteiger partial charge in [-0.1, -0.05) is 46.9 Å². The first kappa shape index (κ1) is 24.4. The summed E-state index contributed by atoms with van der Waals surface area (Å²) >= 11 is 19.8. The second kappa shape index (κ2) is 11.6. The van der Waals surface area contributed by atoms with E-state index in [4.69, 9.17) is 39.5 Å². The summed E-state index contributed by atoms with van der Waals surface area (Å²) in [7, 11) is 0. The Balaban J connectivity index is 1.70. The van der Waals surface area contributed by atoms with Crippen LogP contribution in [-0.2, 0) is 21.7 Å². The van der Waals surface area contributed by atoms with Crippen LogP contribution in [-0.4, -0.2) is 22.7 Å². The van der Waals surface area contributed by atoms with E-state index < -0.39 is 5.97 Å².